The van der Waals surface area contributed by atoms with E-state index in [0.717, 1.165) is 5.56 Å². The number of ether oxygens (including phenoxy) is 1. The zero-order valence-electron chi connectivity index (χ0n) is 15.0. The maximum atomic E-state index is 12.5. The minimum atomic E-state index is -1.21. The number of aromatic nitrogens is 4. The number of aliphatic hydroxyl groups is 2. The summed E-state index contributed by atoms with van der Waals surface area (Å²) >= 11 is 0. The van der Waals surface area contributed by atoms with Gasteiger partial charge in [-0.1, -0.05) is 30.3 Å². The first-order valence-corrected chi connectivity index (χ1v) is 10.4. The molecule has 10 heteroatoms. The van der Waals surface area contributed by atoms with E-state index in [9.17, 15) is 14.4 Å². The molecule has 4 N–H and O–H groups in total. The summed E-state index contributed by atoms with van der Waals surface area (Å²) in [6.07, 6.45) is -0.620. The summed E-state index contributed by atoms with van der Waals surface area (Å²) in [4.78, 5) is 12.2. The lowest BCUT2D eigenvalue weighted by Gasteiger charge is -2.16. The Labute approximate surface area is 163 Å². The summed E-state index contributed by atoms with van der Waals surface area (Å²) in [6.45, 7) is 0. The lowest BCUT2D eigenvalue weighted by Crippen LogP contribution is -2.34. The molecule has 3 heterocycles. The van der Waals surface area contributed by atoms with Gasteiger partial charge in [0.15, 0.2) is 17.7 Å². The van der Waals surface area contributed by atoms with Crippen LogP contribution in [0.1, 0.15) is 11.8 Å². The standard InChI is InChI=1S/C18H21N5O4S/c19-16-13-17(21-9-20-16)23(10-22-13)18-15(25)14(24)12(27-18)8-28(26)7-6-11-4-2-1-3-5-11/h1-5,9-10,12,14-15,18,24-25H,6-8H2,(H2,19,20,21)/t12-,14-,15-,18-,28?/m1/s1. The number of nitrogens with two attached hydrogens (primary N) is 1. The minimum Gasteiger partial charge on any atom is -0.387 e. The molecule has 0 spiro atoms. The largest absolute Gasteiger partial charge is 0.387 e. The van der Waals surface area contributed by atoms with Crippen LogP contribution in [0.15, 0.2) is 43.0 Å². The van der Waals surface area contributed by atoms with Crippen molar-refractivity contribution >= 4 is 27.8 Å². The maximum Gasteiger partial charge on any atom is 0.167 e. The molecule has 0 saturated carbocycles. The smallest absolute Gasteiger partial charge is 0.167 e. The van der Waals surface area contributed by atoms with Crippen LogP contribution in [0.4, 0.5) is 5.82 Å². The van der Waals surface area contributed by atoms with Crippen molar-refractivity contribution in [3.63, 3.8) is 0 Å². The number of hydrogen-bond donors (Lipinski definition) is 3. The van der Waals surface area contributed by atoms with Gasteiger partial charge in [0.1, 0.15) is 30.2 Å². The number of nitrogens with zero attached hydrogens (tertiary/aromatic N) is 4. The SMILES string of the molecule is Nc1ncnc2c1ncn2[C@@H]1O[C@H](CS(=O)CCc2ccccc2)[C@@H](O)[C@H]1O. The molecule has 0 radical (unpaired) electrons. The first-order chi connectivity index (χ1) is 13.5. The Kier molecular flexibility index (Phi) is 5.36. The maximum absolute atomic E-state index is 12.5. The monoisotopic (exact) mass is 403 g/mol. The highest BCUT2D eigenvalue weighted by Crippen LogP contribution is 2.32. The Hall–Kier alpha value is -2.40. The van der Waals surface area contributed by atoms with Crippen molar-refractivity contribution in [3.05, 3.63) is 48.5 Å². The molecular weight excluding hydrogens is 382 g/mol. The van der Waals surface area contributed by atoms with E-state index >= 15 is 0 Å². The Balaban J connectivity index is 1.44. The molecule has 1 aromatic carbocycles. The van der Waals surface area contributed by atoms with Gasteiger partial charge in [-0.3, -0.25) is 8.78 Å². The van der Waals surface area contributed by atoms with Crippen molar-refractivity contribution in [2.75, 3.05) is 17.2 Å². The van der Waals surface area contributed by atoms with Gasteiger partial charge >= 0.3 is 0 Å². The number of rotatable bonds is 6. The average Bonchev–Trinajstić information content (AvgIpc) is 3.25. The lowest BCUT2D eigenvalue weighted by atomic mass is 10.1. The average molecular weight is 403 g/mol. The topological polar surface area (TPSA) is 136 Å². The third-order valence-electron chi connectivity index (χ3n) is 4.81. The van der Waals surface area contributed by atoms with E-state index in [-0.39, 0.29) is 11.6 Å². The van der Waals surface area contributed by atoms with Crippen LogP contribution in [-0.4, -0.2) is 63.8 Å². The molecule has 0 amide bonds. The number of fused-ring (bicyclic) bond motifs is 1. The Morgan fingerprint density at radius 2 is 1.93 bits per heavy atom. The number of imidazole rings is 1. The van der Waals surface area contributed by atoms with E-state index in [2.05, 4.69) is 15.0 Å². The molecule has 5 atom stereocenters. The second kappa shape index (κ2) is 7.92. The summed E-state index contributed by atoms with van der Waals surface area (Å²) < 4.78 is 19.8. The van der Waals surface area contributed by atoms with E-state index in [1.54, 1.807) is 0 Å². The van der Waals surface area contributed by atoms with Crippen molar-refractivity contribution < 1.29 is 19.2 Å². The Morgan fingerprint density at radius 1 is 1.14 bits per heavy atom. The predicted molar refractivity (Wildman–Crippen MR) is 104 cm³/mol. The van der Waals surface area contributed by atoms with Gasteiger partial charge in [0.2, 0.25) is 0 Å². The van der Waals surface area contributed by atoms with Crippen LogP contribution in [0.2, 0.25) is 0 Å². The molecule has 1 unspecified atom stereocenters. The second-order valence-corrected chi connectivity index (χ2v) is 8.30. The Morgan fingerprint density at radius 3 is 2.71 bits per heavy atom. The molecule has 148 valence electrons. The normalized spacial score (nSPS) is 25.9. The summed E-state index contributed by atoms with van der Waals surface area (Å²) in [5.74, 6) is 0.802. The minimum absolute atomic E-state index is 0.130. The van der Waals surface area contributed by atoms with Crippen LogP contribution in [0.25, 0.3) is 11.2 Å². The van der Waals surface area contributed by atoms with Crippen molar-refractivity contribution in [2.24, 2.45) is 0 Å². The fourth-order valence-electron chi connectivity index (χ4n) is 3.30. The van der Waals surface area contributed by atoms with Gasteiger partial charge in [0.25, 0.3) is 0 Å². The fourth-order valence-corrected chi connectivity index (χ4v) is 4.57. The first kappa shape index (κ1) is 18.9. The van der Waals surface area contributed by atoms with Crippen LogP contribution in [-0.2, 0) is 22.0 Å². The summed E-state index contributed by atoms with van der Waals surface area (Å²) in [5.41, 5.74) is 7.67. The molecule has 3 aromatic rings. The molecule has 2 aromatic heterocycles. The number of hydrogen-bond acceptors (Lipinski definition) is 8. The number of aliphatic hydroxyl groups excluding tert-OH is 2. The van der Waals surface area contributed by atoms with Gasteiger partial charge in [-0.25, -0.2) is 15.0 Å². The molecule has 0 aliphatic carbocycles. The van der Waals surface area contributed by atoms with E-state index in [0.29, 0.717) is 23.3 Å². The van der Waals surface area contributed by atoms with Crippen molar-refractivity contribution in [1.29, 1.82) is 0 Å². The third-order valence-corrected chi connectivity index (χ3v) is 6.17. The van der Waals surface area contributed by atoms with Crippen LogP contribution < -0.4 is 5.73 Å². The van der Waals surface area contributed by atoms with Gasteiger partial charge in [-0.2, -0.15) is 0 Å². The molecule has 1 saturated heterocycles. The van der Waals surface area contributed by atoms with E-state index in [4.69, 9.17) is 10.5 Å². The summed E-state index contributed by atoms with van der Waals surface area (Å²) in [6, 6.07) is 9.78. The molecule has 28 heavy (non-hydrogen) atoms. The molecule has 1 aliphatic rings. The zero-order valence-corrected chi connectivity index (χ0v) is 15.8. The second-order valence-electron chi connectivity index (χ2n) is 6.68. The van der Waals surface area contributed by atoms with Gasteiger partial charge in [-0.15, -0.1) is 0 Å². The molecular formula is C18H21N5O4S. The molecule has 4 rings (SSSR count). The number of aryl methyl sites for hydroxylation is 1. The van der Waals surface area contributed by atoms with E-state index in [1.807, 2.05) is 30.3 Å². The Bertz CT molecular complexity index is 983. The number of nitrogen functional groups attached to an aromatic ring is 1. The van der Waals surface area contributed by atoms with Gasteiger partial charge in [-0.05, 0) is 12.0 Å². The highest BCUT2D eigenvalue weighted by molar-refractivity contribution is 7.85. The fraction of sp³-hybridized carbons (Fsp3) is 0.389. The van der Waals surface area contributed by atoms with Gasteiger partial charge in [0, 0.05) is 16.6 Å². The van der Waals surface area contributed by atoms with E-state index < -0.39 is 35.3 Å². The quantitative estimate of drug-likeness (QED) is 0.524. The zero-order chi connectivity index (χ0) is 19.7. The van der Waals surface area contributed by atoms with Crippen LogP contribution in [0.5, 0.6) is 0 Å². The number of anilines is 1. The molecule has 9 nitrogen and oxygen atoms in total. The van der Waals surface area contributed by atoms with Crippen molar-refractivity contribution in [3.8, 4) is 0 Å². The van der Waals surface area contributed by atoms with Crippen LogP contribution in [0.3, 0.4) is 0 Å². The molecule has 0 bridgehead atoms. The molecule has 1 fully saturated rings. The van der Waals surface area contributed by atoms with Crippen molar-refractivity contribution in [1.82, 2.24) is 19.5 Å². The summed E-state index contributed by atoms with van der Waals surface area (Å²) in [7, 11) is -1.21. The van der Waals surface area contributed by atoms with Crippen LogP contribution in [0, 0.1) is 0 Å². The first-order valence-electron chi connectivity index (χ1n) is 8.88. The highest BCUT2D eigenvalue weighted by atomic mass is 32.2. The highest BCUT2D eigenvalue weighted by Gasteiger charge is 2.44. The van der Waals surface area contributed by atoms with Crippen molar-refractivity contribution in [2.45, 2.75) is 31.0 Å². The van der Waals surface area contributed by atoms with Gasteiger partial charge in [0.05, 0.1) is 12.1 Å². The van der Waals surface area contributed by atoms with Crippen LogP contribution >= 0.6 is 0 Å². The predicted octanol–water partition coefficient (Wildman–Crippen LogP) is 0.0191. The lowest BCUT2D eigenvalue weighted by molar-refractivity contribution is -0.0290. The summed E-state index contributed by atoms with van der Waals surface area (Å²) in [5, 5.41) is 20.8. The third kappa shape index (κ3) is 3.63. The number of benzene rings is 1. The molecule has 1 aliphatic heterocycles. The van der Waals surface area contributed by atoms with Gasteiger partial charge < -0.3 is 20.7 Å². The van der Waals surface area contributed by atoms with E-state index in [1.165, 1.54) is 17.2 Å².